The Morgan fingerprint density at radius 2 is 2.07 bits per heavy atom. The standard InChI is InChI=1S/C10H13F2NO/c1-6(5-13)7-3-4-8(11)9(12)10(7)14-2/h3-4,6H,5,13H2,1-2H3. The van der Waals surface area contributed by atoms with Crippen molar-refractivity contribution < 1.29 is 13.5 Å². The van der Waals surface area contributed by atoms with Gasteiger partial charge in [0.25, 0.3) is 0 Å². The Morgan fingerprint density at radius 3 is 2.57 bits per heavy atom. The molecule has 0 amide bonds. The van der Waals surface area contributed by atoms with Gasteiger partial charge in [-0.15, -0.1) is 0 Å². The van der Waals surface area contributed by atoms with Crippen LogP contribution in [0.15, 0.2) is 12.1 Å². The van der Waals surface area contributed by atoms with Crippen molar-refractivity contribution in [3.05, 3.63) is 29.3 Å². The van der Waals surface area contributed by atoms with E-state index in [1.165, 1.54) is 13.2 Å². The molecule has 1 rings (SSSR count). The molecule has 0 spiro atoms. The highest BCUT2D eigenvalue weighted by Gasteiger charge is 2.17. The van der Waals surface area contributed by atoms with Crippen molar-refractivity contribution >= 4 is 0 Å². The average Bonchev–Trinajstić information content (AvgIpc) is 2.20. The maximum Gasteiger partial charge on any atom is 0.200 e. The molecule has 0 bridgehead atoms. The number of benzene rings is 1. The highest BCUT2D eigenvalue weighted by molar-refractivity contribution is 5.38. The first-order chi connectivity index (χ1) is 6.61. The number of hydrogen-bond donors (Lipinski definition) is 1. The fourth-order valence-corrected chi connectivity index (χ4v) is 1.27. The van der Waals surface area contributed by atoms with Crippen molar-refractivity contribution in [3.8, 4) is 5.75 Å². The van der Waals surface area contributed by atoms with Crippen LogP contribution in [0, 0.1) is 11.6 Å². The van der Waals surface area contributed by atoms with Gasteiger partial charge in [0.1, 0.15) is 0 Å². The number of nitrogens with two attached hydrogens (primary N) is 1. The zero-order valence-corrected chi connectivity index (χ0v) is 8.18. The van der Waals surface area contributed by atoms with Gasteiger partial charge in [-0.1, -0.05) is 13.0 Å². The van der Waals surface area contributed by atoms with E-state index in [2.05, 4.69) is 0 Å². The van der Waals surface area contributed by atoms with E-state index in [1.807, 2.05) is 6.92 Å². The van der Waals surface area contributed by atoms with Gasteiger partial charge in [0.15, 0.2) is 11.6 Å². The Kier molecular flexibility index (Phi) is 3.41. The topological polar surface area (TPSA) is 35.2 Å². The summed E-state index contributed by atoms with van der Waals surface area (Å²) in [6.45, 7) is 2.19. The molecule has 0 aliphatic carbocycles. The quantitative estimate of drug-likeness (QED) is 0.812. The summed E-state index contributed by atoms with van der Waals surface area (Å²) in [5, 5.41) is 0. The maximum absolute atomic E-state index is 13.2. The minimum absolute atomic E-state index is 0.0528. The third kappa shape index (κ3) is 1.85. The van der Waals surface area contributed by atoms with Gasteiger partial charge in [-0.25, -0.2) is 4.39 Å². The van der Waals surface area contributed by atoms with E-state index in [1.54, 1.807) is 0 Å². The molecule has 0 fully saturated rings. The Morgan fingerprint density at radius 1 is 1.43 bits per heavy atom. The van der Waals surface area contributed by atoms with Crippen LogP contribution in [0.4, 0.5) is 8.78 Å². The summed E-state index contributed by atoms with van der Waals surface area (Å²) in [5.41, 5.74) is 6.04. The third-order valence-corrected chi connectivity index (χ3v) is 2.17. The second-order valence-corrected chi connectivity index (χ2v) is 3.12. The molecule has 0 radical (unpaired) electrons. The van der Waals surface area contributed by atoms with Gasteiger partial charge in [-0.3, -0.25) is 0 Å². The number of rotatable bonds is 3. The van der Waals surface area contributed by atoms with E-state index >= 15 is 0 Å². The minimum atomic E-state index is -0.953. The van der Waals surface area contributed by atoms with Crippen molar-refractivity contribution in [2.45, 2.75) is 12.8 Å². The van der Waals surface area contributed by atoms with Gasteiger partial charge in [-0.05, 0) is 18.5 Å². The molecule has 0 saturated carbocycles. The molecular weight excluding hydrogens is 188 g/mol. The summed E-state index contributed by atoms with van der Waals surface area (Å²) in [4.78, 5) is 0. The highest BCUT2D eigenvalue weighted by Crippen LogP contribution is 2.30. The molecule has 1 unspecified atom stereocenters. The molecule has 1 aromatic rings. The van der Waals surface area contributed by atoms with Crippen LogP contribution in [-0.4, -0.2) is 13.7 Å². The summed E-state index contributed by atoms with van der Waals surface area (Å²) in [6, 6.07) is 2.58. The fraction of sp³-hybridized carbons (Fsp3) is 0.400. The molecular formula is C10H13F2NO. The largest absolute Gasteiger partial charge is 0.493 e. The molecule has 0 saturated heterocycles. The van der Waals surface area contributed by atoms with Crippen LogP contribution in [0.25, 0.3) is 0 Å². The van der Waals surface area contributed by atoms with Crippen molar-refractivity contribution in [3.63, 3.8) is 0 Å². The molecule has 4 heteroatoms. The van der Waals surface area contributed by atoms with E-state index < -0.39 is 11.6 Å². The predicted molar refractivity (Wildman–Crippen MR) is 50.4 cm³/mol. The zero-order valence-electron chi connectivity index (χ0n) is 8.18. The SMILES string of the molecule is COc1c(C(C)CN)ccc(F)c1F. The molecule has 2 N–H and O–H groups in total. The first-order valence-electron chi connectivity index (χ1n) is 4.33. The average molecular weight is 201 g/mol. The number of halogens is 2. The van der Waals surface area contributed by atoms with Crippen LogP contribution >= 0.6 is 0 Å². The molecule has 0 heterocycles. The zero-order chi connectivity index (χ0) is 10.7. The van der Waals surface area contributed by atoms with Crippen LogP contribution in [0.1, 0.15) is 18.4 Å². The molecule has 1 aromatic carbocycles. The van der Waals surface area contributed by atoms with E-state index in [4.69, 9.17) is 10.5 Å². The Balaban J connectivity index is 3.23. The monoisotopic (exact) mass is 201 g/mol. The van der Waals surface area contributed by atoms with E-state index in [0.717, 1.165) is 6.07 Å². The molecule has 2 nitrogen and oxygen atoms in total. The van der Waals surface area contributed by atoms with Crippen molar-refractivity contribution in [2.24, 2.45) is 5.73 Å². The third-order valence-electron chi connectivity index (χ3n) is 2.17. The molecule has 14 heavy (non-hydrogen) atoms. The highest BCUT2D eigenvalue weighted by atomic mass is 19.2. The molecule has 0 aliphatic rings. The lowest BCUT2D eigenvalue weighted by Crippen LogP contribution is -2.11. The van der Waals surface area contributed by atoms with Gasteiger partial charge in [-0.2, -0.15) is 4.39 Å². The number of ether oxygens (including phenoxy) is 1. The summed E-state index contributed by atoms with van der Waals surface area (Å²) in [5.74, 6) is -1.97. The summed E-state index contributed by atoms with van der Waals surface area (Å²) < 4.78 is 30.9. The number of hydrogen-bond acceptors (Lipinski definition) is 2. The van der Waals surface area contributed by atoms with Gasteiger partial charge in [0.05, 0.1) is 7.11 Å². The predicted octanol–water partition coefficient (Wildman–Crippen LogP) is 2.04. The van der Waals surface area contributed by atoms with Gasteiger partial charge in [0.2, 0.25) is 5.82 Å². The van der Waals surface area contributed by atoms with Crippen LogP contribution in [0.2, 0.25) is 0 Å². The van der Waals surface area contributed by atoms with Crippen molar-refractivity contribution in [1.29, 1.82) is 0 Å². The van der Waals surface area contributed by atoms with Crippen molar-refractivity contribution in [2.75, 3.05) is 13.7 Å². The van der Waals surface area contributed by atoms with E-state index in [0.29, 0.717) is 12.1 Å². The molecule has 1 atom stereocenters. The lowest BCUT2D eigenvalue weighted by Gasteiger charge is -2.14. The normalized spacial score (nSPS) is 12.6. The lowest BCUT2D eigenvalue weighted by atomic mass is 10.00. The Bertz CT molecular complexity index is 328. The lowest BCUT2D eigenvalue weighted by molar-refractivity contribution is 0.364. The first-order valence-corrected chi connectivity index (χ1v) is 4.33. The van der Waals surface area contributed by atoms with E-state index in [9.17, 15) is 8.78 Å². The van der Waals surface area contributed by atoms with Gasteiger partial charge in [0, 0.05) is 5.56 Å². The molecule has 78 valence electrons. The van der Waals surface area contributed by atoms with Crippen LogP contribution in [-0.2, 0) is 0 Å². The van der Waals surface area contributed by atoms with Crippen LogP contribution < -0.4 is 10.5 Å². The summed E-state index contributed by atoms with van der Waals surface area (Å²) in [6.07, 6.45) is 0. The maximum atomic E-state index is 13.2. The molecule has 0 aliphatic heterocycles. The fourth-order valence-electron chi connectivity index (χ4n) is 1.27. The number of methoxy groups -OCH3 is 1. The van der Waals surface area contributed by atoms with Crippen LogP contribution in [0.3, 0.4) is 0 Å². The Hall–Kier alpha value is -1.16. The van der Waals surface area contributed by atoms with Crippen molar-refractivity contribution in [1.82, 2.24) is 0 Å². The van der Waals surface area contributed by atoms with Gasteiger partial charge < -0.3 is 10.5 Å². The smallest absolute Gasteiger partial charge is 0.200 e. The summed E-state index contributed by atoms with van der Waals surface area (Å²) >= 11 is 0. The second kappa shape index (κ2) is 4.37. The first kappa shape index (κ1) is 10.9. The Labute approximate surface area is 81.7 Å². The second-order valence-electron chi connectivity index (χ2n) is 3.12. The molecule has 0 aromatic heterocycles. The van der Waals surface area contributed by atoms with Gasteiger partial charge >= 0.3 is 0 Å². The summed E-state index contributed by atoms with van der Waals surface area (Å²) in [7, 11) is 1.31. The van der Waals surface area contributed by atoms with E-state index in [-0.39, 0.29) is 11.7 Å². The van der Waals surface area contributed by atoms with Crippen LogP contribution in [0.5, 0.6) is 5.75 Å². The minimum Gasteiger partial charge on any atom is -0.493 e.